The average molecular weight is 245 g/mol. The molecule has 0 rings (SSSR count). The second-order valence-electron chi connectivity index (χ2n) is 5.15. The summed E-state index contributed by atoms with van der Waals surface area (Å²) in [5.74, 6) is -0.325. The Kier molecular flexibility index (Phi) is 8.17. The van der Waals surface area contributed by atoms with Crippen molar-refractivity contribution in [2.75, 3.05) is 13.2 Å². The zero-order valence-corrected chi connectivity index (χ0v) is 11.4. The number of unbranched alkanes of at least 4 members (excludes halogenated alkanes) is 1. The Labute approximate surface area is 105 Å². The molecule has 0 saturated carbocycles. The van der Waals surface area contributed by atoms with E-state index >= 15 is 0 Å². The van der Waals surface area contributed by atoms with Crippen LogP contribution in [0.3, 0.4) is 0 Å². The zero-order chi connectivity index (χ0) is 13.3. The van der Waals surface area contributed by atoms with Crippen LogP contribution in [0.15, 0.2) is 0 Å². The Morgan fingerprint density at radius 3 is 2.65 bits per heavy atom. The molecule has 17 heavy (non-hydrogen) atoms. The summed E-state index contributed by atoms with van der Waals surface area (Å²) in [5.41, 5.74) is 4.52. The highest BCUT2D eigenvalue weighted by Gasteiger charge is 2.26. The molecule has 0 radical (unpaired) electrons. The molecule has 0 aromatic heterocycles. The number of aliphatic carboxylic acids is 1. The number of rotatable bonds is 10. The van der Waals surface area contributed by atoms with Gasteiger partial charge in [-0.3, -0.25) is 4.79 Å². The Balaban J connectivity index is 3.44. The van der Waals surface area contributed by atoms with E-state index in [1.54, 1.807) is 6.92 Å². The van der Waals surface area contributed by atoms with E-state index in [1.807, 2.05) is 0 Å². The van der Waals surface area contributed by atoms with E-state index in [0.717, 1.165) is 19.4 Å². The SMILES string of the molecule is CCCC(C)COCCCCC(C)(N)C(=O)O. The number of hydrogen-bond donors (Lipinski definition) is 2. The smallest absolute Gasteiger partial charge is 0.323 e. The lowest BCUT2D eigenvalue weighted by molar-refractivity contribution is -0.142. The van der Waals surface area contributed by atoms with Gasteiger partial charge in [0.1, 0.15) is 5.54 Å². The maximum Gasteiger partial charge on any atom is 0.323 e. The molecule has 0 aliphatic heterocycles. The molecule has 2 atom stereocenters. The molecular formula is C13H27NO3. The minimum atomic E-state index is -1.10. The van der Waals surface area contributed by atoms with Gasteiger partial charge in [0.05, 0.1) is 0 Å². The summed E-state index contributed by atoms with van der Waals surface area (Å²) >= 11 is 0. The molecule has 4 heteroatoms. The molecule has 4 nitrogen and oxygen atoms in total. The van der Waals surface area contributed by atoms with E-state index in [1.165, 1.54) is 12.8 Å². The second kappa shape index (κ2) is 8.48. The Bertz CT molecular complexity index is 217. The van der Waals surface area contributed by atoms with Crippen LogP contribution in [0, 0.1) is 5.92 Å². The molecule has 0 aliphatic rings. The summed E-state index contributed by atoms with van der Waals surface area (Å²) in [6.45, 7) is 7.41. The van der Waals surface area contributed by atoms with Crippen molar-refractivity contribution in [3.63, 3.8) is 0 Å². The summed E-state index contributed by atoms with van der Waals surface area (Å²) < 4.78 is 5.53. The maximum atomic E-state index is 10.7. The van der Waals surface area contributed by atoms with E-state index in [0.29, 0.717) is 18.9 Å². The third kappa shape index (κ3) is 8.16. The molecule has 2 unspecified atom stereocenters. The van der Waals surface area contributed by atoms with Gasteiger partial charge < -0.3 is 15.6 Å². The van der Waals surface area contributed by atoms with Crippen molar-refractivity contribution in [1.29, 1.82) is 0 Å². The number of carbonyl (C=O) groups is 1. The number of hydrogen-bond acceptors (Lipinski definition) is 3. The first kappa shape index (κ1) is 16.4. The van der Waals surface area contributed by atoms with E-state index in [9.17, 15) is 4.79 Å². The molecule has 0 bridgehead atoms. The van der Waals surface area contributed by atoms with Gasteiger partial charge in [-0.05, 0) is 38.5 Å². The van der Waals surface area contributed by atoms with Gasteiger partial charge in [-0.2, -0.15) is 0 Å². The van der Waals surface area contributed by atoms with Gasteiger partial charge in [0.25, 0.3) is 0 Å². The van der Waals surface area contributed by atoms with Crippen LogP contribution in [0.25, 0.3) is 0 Å². The van der Waals surface area contributed by atoms with Crippen LogP contribution >= 0.6 is 0 Å². The number of ether oxygens (including phenoxy) is 1. The Morgan fingerprint density at radius 2 is 2.12 bits per heavy atom. The third-order valence-electron chi connectivity index (χ3n) is 2.91. The van der Waals surface area contributed by atoms with Crippen LogP contribution in [0.1, 0.15) is 52.9 Å². The van der Waals surface area contributed by atoms with Gasteiger partial charge in [-0.1, -0.05) is 20.3 Å². The molecule has 0 aliphatic carbocycles. The maximum absolute atomic E-state index is 10.7. The number of carboxylic acid groups (broad SMARTS) is 1. The predicted octanol–water partition coefficient (Wildman–Crippen LogP) is 2.41. The highest BCUT2D eigenvalue weighted by molar-refractivity contribution is 5.77. The topological polar surface area (TPSA) is 72.5 Å². The minimum absolute atomic E-state index is 0.496. The summed E-state index contributed by atoms with van der Waals surface area (Å²) in [4.78, 5) is 10.7. The zero-order valence-electron chi connectivity index (χ0n) is 11.4. The van der Waals surface area contributed by atoms with Crippen LogP contribution in [0.5, 0.6) is 0 Å². The summed E-state index contributed by atoms with van der Waals surface area (Å²) in [6.07, 6.45) is 4.55. The fourth-order valence-corrected chi connectivity index (χ4v) is 1.66. The Hall–Kier alpha value is -0.610. The van der Waals surface area contributed by atoms with Crippen LogP contribution in [-0.2, 0) is 9.53 Å². The molecule has 102 valence electrons. The lowest BCUT2D eigenvalue weighted by Gasteiger charge is -2.18. The van der Waals surface area contributed by atoms with E-state index in [-0.39, 0.29) is 0 Å². The van der Waals surface area contributed by atoms with Gasteiger partial charge in [0.15, 0.2) is 0 Å². The normalized spacial score (nSPS) is 16.5. The standard InChI is InChI=1S/C13H27NO3/c1-4-7-11(2)10-17-9-6-5-8-13(3,14)12(15)16/h11H,4-10,14H2,1-3H3,(H,15,16). The van der Waals surface area contributed by atoms with Gasteiger partial charge >= 0.3 is 5.97 Å². The Morgan fingerprint density at radius 1 is 1.47 bits per heavy atom. The fourth-order valence-electron chi connectivity index (χ4n) is 1.66. The van der Waals surface area contributed by atoms with Gasteiger partial charge in [0.2, 0.25) is 0 Å². The van der Waals surface area contributed by atoms with E-state index < -0.39 is 11.5 Å². The average Bonchev–Trinajstić information content (AvgIpc) is 2.23. The van der Waals surface area contributed by atoms with E-state index in [2.05, 4.69) is 13.8 Å². The summed E-state index contributed by atoms with van der Waals surface area (Å²) in [7, 11) is 0. The van der Waals surface area contributed by atoms with Crippen molar-refractivity contribution >= 4 is 5.97 Å². The first-order valence-electron chi connectivity index (χ1n) is 6.50. The van der Waals surface area contributed by atoms with Gasteiger partial charge in [0, 0.05) is 13.2 Å². The lowest BCUT2D eigenvalue weighted by atomic mass is 9.97. The van der Waals surface area contributed by atoms with Crippen LogP contribution < -0.4 is 5.73 Å². The van der Waals surface area contributed by atoms with E-state index in [4.69, 9.17) is 15.6 Å². The molecule has 0 amide bonds. The van der Waals surface area contributed by atoms with Crippen LogP contribution in [0.2, 0.25) is 0 Å². The molecule has 0 fully saturated rings. The van der Waals surface area contributed by atoms with Crippen molar-refractivity contribution < 1.29 is 14.6 Å². The molecule has 0 aromatic carbocycles. The van der Waals surface area contributed by atoms with Gasteiger partial charge in [-0.15, -0.1) is 0 Å². The van der Waals surface area contributed by atoms with Crippen molar-refractivity contribution in [1.82, 2.24) is 0 Å². The largest absolute Gasteiger partial charge is 0.480 e. The quantitative estimate of drug-likeness (QED) is 0.580. The van der Waals surface area contributed by atoms with Crippen LogP contribution in [0.4, 0.5) is 0 Å². The first-order chi connectivity index (χ1) is 7.90. The monoisotopic (exact) mass is 245 g/mol. The molecule has 3 N–H and O–H groups in total. The minimum Gasteiger partial charge on any atom is -0.480 e. The molecule has 0 heterocycles. The predicted molar refractivity (Wildman–Crippen MR) is 69.0 cm³/mol. The molecule has 0 saturated heterocycles. The van der Waals surface area contributed by atoms with Crippen molar-refractivity contribution in [2.24, 2.45) is 11.7 Å². The van der Waals surface area contributed by atoms with Crippen molar-refractivity contribution in [2.45, 2.75) is 58.4 Å². The third-order valence-corrected chi connectivity index (χ3v) is 2.91. The molecule has 0 aromatic rings. The summed E-state index contributed by atoms with van der Waals surface area (Å²) in [6, 6.07) is 0. The highest BCUT2D eigenvalue weighted by Crippen LogP contribution is 2.11. The van der Waals surface area contributed by atoms with Gasteiger partial charge in [-0.25, -0.2) is 0 Å². The van der Waals surface area contributed by atoms with Crippen molar-refractivity contribution in [3.8, 4) is 0 Å². The highest BCUT2D eigenvalue weighted by atomic mass is 16.5. The lowest BCUT2D eigenvalue weighted by Crippen LogP contribution is -2.44. The molecular weight excluding hydrogens is 218 g/mol. The fraction of sp³-hybridized carbons (Fsp3) is 0.923. The summed E-state index contributed by atoms with van der Waals surface area (Å²) in [5, 5.41) is 8.82. The second-order valence-corrected chi connectivity index (χ2v) is 5.15. The molecule has 0 spiro atoms. The first-order valence-corrected chi connectivity index (χ1v) is 6.50. The number of carboxylic acids is 1. The number of nitrogens with two attached hydrogens (primary N) is 1. The van der Waals surface area contributed by atoms with Crippen molar-refractivity contribution in [3.05, 3.63) is 0 Å². The van der Waals surface area contributed by atoms with Crippen LogP contribution in [-0.4, -0.2) is 29.8 Å².